The summed E-state index contributed by atoms with van der Waals surface area (Å²) in [5.41, 5.74) is 0.620. The SMILES string of the molecule is Cc1csc(Sc2ccc(C(=O)OCC(=O)NCCc3cccs3)cc2[N+](=O)[O-])n1. The Morgan fingerprint density at radius 3 is 2.80 bits per heavy atom. The van der Waals surface area contributed by atoms with Gasteiger partial charge in [-0.05, 0) is 36.9 Å². The Morgan fingerprint density at radius 1 is 1.30 bits per heavy atom. The number of nitrogens with zero attached hydrogens (tertiary/aromatic N) is 2. The van der Waals surface area contributed by atoms with Gasteiger partial charge in [0.25, 0.3) is 11.6 Å². The van der Waals surface area contributed by atoms with Gasteiger partial charge in [0.2, 0.25) is 0 Å². The topological polar surface area (TPSA) is 111 Å². The van der Waals surface area contributed by atoms with Crippen molar-refractivity contribution in [1.82, 2.24) is 10.3 Å². The standard InChI is InChI=1S/C19H17N3O5S3/c1-12-11-29-19(21-12)30-16-5-4-13(9-15(16)22(25)26)18(24)27-10-17(23)20-7-6-14-3-2-8-28-14/h2-5,8-9,11H,6-7,10H2,1H3,(H,20,23). The number of aromatic nitrogens is 1. The Bertz CT molecular complexity index is 1050. The number of thiazole rings is 1. The zero-order chi connectivity index (χ0) is 21.5. The van der Waals surface area contributed by atoms with Crippen LogP contribution in [0.4, 0.5) is 5.69 Å². The second-order valence-corrected chi connectivity index (χ2v) is 9.23. The Morgan fingerprint density at radius 2 is 2.13 bits per heavy atom. The fourth-order valence-corrected chi connectivity index (χ4v) is 4.98. The van der Waals surface area contributed by atoms with Crippen LogP contribution in [-0.4, -0.2) is 34.9 Å². The molecule has 3 aromatic rings. The van der Waals surface area contributed by atoms with Crippen molar-refractivity contribution in [3.8, 4) is 0 Å². The summed E-state index contributed by atoms with van der Waals surface area (Å²) in [6, 6.07) is 7.98. The van der Waals surface area contributed by atoms with Gasteiger partial charge in [0, 0.05) is 28.6 Å². The molecular formula is C19H17N3O5S3. The number of thiophene rings is 1. The van der Waals surface area contributed by atoms with Crippen LogP contribution in [0.1, 0.15) is 20.9 Å². The highest BCUT2D eigenvalue weighted by atomic mass is 32.2. The van der Waals surface area contributed by atoms with E-state index in [-0.39, 0.29) is 11.3 Å². The summed E-state index contributed by atoms with van der Waals surface area (Å²) in [5.74, 6) is -1.23. The summed E-state index contributed by atoms with van der Waals surface area (Å²) in [6.07, 6.45) is 0.696. The molecule has 2 heterocycles. The van der Waals surface area contributed by atoms with Crippen molar-refractivity contribution in [3.05, 3.63) is 67.3 Å². The molecule has 0 aliphatic rings. The largest absolute Gasteiger partial charge is 0.452 e. The summed E-state index contributed by atoms with van der Waals surface area (Å²) in [7, 11) is 0. The van der Waals surface area contributed by atoms with Crippen molar-refractivity contribution >= 4 is 52.0 Å². The minimum atomic E-state index is -0.798. The molecule has 1 N–H and O–H groups in total. The Labute approximate surface area is 184 Å². The monoisotopic (exact) mass is 463 g/mol. The van der Waals surface area contributed by atoms with Crippen LogP contribution < -0.4 is 5.32 Å². The van der Waals surface area contributed by atoms with Crippen LogP contribution in [-0.2, 0) is 16.0 Å². The lowest BCUT2D eigenvalue weighted by Crippen LogP contribution is -2.30. The smallest absolute Gasteiger partial charge is 0.338 e. The number of amides is 1. The Kier molecular flexibility index (Phi) is 7.55. The summed E-state index contributed by atoms with van der Waals surface area (Å²) < 4.78 is 5.66. The predicted molar refractivity (Wildman–Crippen MR) is 115 cm³/mol. The summed E-state index contributed by atoms with van der Waals surface area (Å²) in [6.45, 7) is 1.82. The van der Waals surface area contributed by atoms with Gasteiger partial charge in [-0.25, -0.2) is 9.78 Å². The lowest BCUT2D eigenvalue weighted by molar-refractivity contribution is -0.387. The van der Waals surface area contributed by atoms with Crippen LogP contribution in [0.3, 0.4) is 0 Å². The van der Waals surface area contributed by atoms with E-state index in [1.165, 1.54) is 23.5 Å². The number of aryl methyl sites for hydroxylation is 1. The summed E-state index contributed by atoms with van der Waals surface area (Å²) >= 11 is 4.15. The third-order valence-electron chi connectivity index (χ3n) is 3.79. The first kappa shape index (κ1) is 21.9. The van der Waals surface area contributed by atoms with Crippen LogP contribution >= 0.6 is 34.4 Å². The van der Waals surface area contributed by atoms with Gasteiger partial charge in [0.1, 0.15) is 0 Å². The van der Waals surface area contributed by atoms with Crippen molar-refractivity contribution in [3.63, 3.8) is 0 Å². The average molecular weight is 464 g/mol. The number of esters is 1. The second kappa shape index (κ2) is 10.3. The van der Waals surface area contributed by atoms with Crippen LogP contribution in [0, 0.1) is 17.0 Å². The minimum absolute atomic E-state index is 0.00718. The first-order chi connectivity index (χ1) is 14.4. The van der Waals surface area contributed by atoms with Gasteiger partial charge in [-0.15, -0.1) is 22.7 Å². The maximum Gasteiger partial charge on any atom is 0.338 e. The molecule has 11 heteroatoms. The predicted octanol–water partition coefficient (Wildman–Crippen LogP) is 4.09. The van der Waals surface area contributed by atoms with Crippen LogP contribution in [0.2, 0.25) is 0 Å². The third-order valence-corrected chi connectivity index (χ3v) is 6.85. The quantitative estimate of drug-likeness (QED) is 0.289. The molecule has 0 bridgehead atoms. The number of benzene rings is 1. The molecule has 30 heavy (non-hydrogen) atoms. The van der Waals surface area contributed by atoms with Crippen molar-refractivity contribution < 1.29 is 19.2 Å². The molecule has 0 atom stereocenters. The highest BCUT2D eigenvalue weighted by Crippen LogP contribution is 2.36. The minimum Gasteiger partial charge on any atom is -0.452 e. The molecule has 0 saturated heterocycles. The fourth-order valence-electron chi connectivity index (χ4n) is 2.39. The number of nitrogens with one attached hydrogen (secondary N) is 1. The van der Waals surface area contributed by atoms with E-state index in [1.54, 1.807) is 11.3 Å². The van der Waals surface area contributed by atoms with E-state index in [0.29, 0.717) is 22.2 Å². The van der Waals surface area contributed by atoms with Gasteiger partial charge in [0.05, 0.1) is 15.4 Å². The average Bonchev–Trinajstić information content (AvgIpc) is 3.38. The number of nitro benzene ring substituents is 1. The maximum atomic E-state index is 12.2. The summed E-state index contributed by atoms with van der Waals surface area (Å²) in [4.78, 5) is 40.7. The van der Waals surface area contributed by atoms with E-state index in [0.717, 1.165) is 28.4 Å². The molecule has 0 aliphatic carbocycles. The Balaban J connectivity index is 1.56. The molecule has 3 rings (SSSR count). The highest BCUT2D eigenvalue weighted by Gasteiger charge is 2.20. The van der Waals surface area contributed by atoms with Crippen molar-refractivity contribution in [1.29, 1.82) is 0 Å². The second-order valence-electron chi connectivity index (χ2n) is 6.05. The van der Waals surface area contributed by atoms with E-state index >= 15 is 0 Å². The molecule has 1 amide bonds. The first-order valence-electron chi connectivity index (χ1n) is 8.77. The number of carbonyl (C=O) groups is 2. The summed E-state index contributed by atoms with van der Waals surface area (Å²) in [5, 5.41) is 17.9. The number of nitro groups is 1. The number of carbonyl (C=O) groups excluding carboxylic acids is 2. The highest BCUT2D eigenvalue weighted by molar-refractivity contribution is 8.01. The van der Waals surface area contributed by atoms with E-state index in [9.17, 15) is 19.7 Å². The molecular weight excluding hydrogens is 446 g/mol. The molecule has 0 spiro atoms. The normalized spacial score (nSPS) is 10.6. The molecule has 0 aliphatic heterocycles. The van der Waals surface area contributed by atoms with E-state index in [4.69, 9.17) is 4.74 Å². The van der Waals surface area contributed by atoms with Gasteiger partial charge in [-0.2, -0.15) is 0 Å². The first-order valence-corrected chi connectivity index (χ1v) is 11.3. The Hall–Kier alpha value is -2.76. The zero-order valence-corrected chi connectivity index (χ0v) is 18.3. The van der Waals surface area contributed by atoms with Gasteiger partial charge in [0.15, 0.2) is 10.9 Å². The van der Waals surface area contributed by atoms with Crippen LogP contribution in [0.25, 0.3) is 0 Å². The van der Waals surface area contributed by atoms with Gasteiger partial charge in [-0.3, -0.25) is 14.9 Å². The molecule has 0 radical (unpaired) electrons. The molecule has 0 fully saturated rings. The molecule has 1 aromatic carbocycles. The van der Waals surface area contributed by atoms with Gasteiger partial charge in [-0.1, -0.05) is 17.8 Å². The van der Waals surface area contributed by atoms with Gasteiger partial charge < -0.3 is 10.1 Å². The van der Waals surface area contributed by atoms with Crippen LogP contribution in [0.5, 0.6) is 0 Å². The molecule has 2 aromatic heterocycles. The lowest BCUT2D eigenvalue weighted by atomic mass is 10.2. The van der Waals surface area contributed by atoms with E-state index in [2.05, 4.69) is 10.3 Å². The van der Waals surface area contributed by atoms with Crippen molar-refractivity contribution in [2.24, 2.45) is 0 Å². The number of ether oxygens (including phenoxy) is 1. The molecule has 156 valence electrons. The third kappa shape index (κ3) is 6.12. The number of hydrogen-bond acceptors (Lipinski definition) is 9. The molecule has 8 nitrogen and oxygen atoms in total. The lowest BCUT2D eigenvalue weighted by Gasteiger charge is -2.07. The molecule has 0 unspecified atom stereocenters. The van der Waals surface area contributed by atoms with E-state index < -0.39 is 23.4 Å². The maximum absolute atomic E-state index is 12.2. The van der Waals surface area contributed by atoms with Crippen LogP contribution in [0.15, 0.2) is 50.3 Å². The van der Waals surface area contributed by atoms with Crippen molar-refractivity contribution in [2.45, 2.75) is 22.6 Å². The fraction of sp³-hybridized carbons (Fsp3) is 0.211. The van der Waals surface area contributed by atoms with Crippen molar-refractivity contribution in [2.75, 3.05) is 13.2 Å². The van der Waals surface area contributed by atoms with Gasteiger partial charge >= 0.3 is 5.97 Å². The number of rotatable bonds is 9. The zero-order valence-electron chi connectivity index (χ0n) is 15.8. The molecule has 0 saturated carbocycles. The van der Waals surface area contributed by atoms with E-state index in [1.807, 2.05) is 29.8 Å². The number of hydrogen-bond donors (Lipinski definition) is 1.